The van der Waals surface area contributed by atoms with Crippen LogP contribution < -0.4 is 0 Å². The molecular weight excluding hydrogens is 310 g/mol. The van der Waals surface area contributed by atoms with Gasteiger partial charge in [-0.1, -0.05) is 30.3 Å². The number of rotatable bonds is 5. The summed E-state index contributed by atoms with van der Waals surface area (Å²) in [7, 11) is 0. The number of carboxylic acids is 1. The van der Waals surface area contributed by atoms with Crippen molar-refractivity contribution in [2.75, 3.05) is 13.2 Å². The fourth-order valence-electron chi connectivity index (χ4n) is 2.77. The van der Waals surface area contributed by atoms with Gasteiger partial charge in [0, 0.05) is 6.54 Å². The predicted octanol–water partition coefficient (Wildman–Crippen LogP) is 2.91. The zero-order valence-corrected chi connectivity index (χ0v) is 14.4. The summed E-state index contributed by atoms with van der Waals surface area (Å²) in [5, 5.41) is 9.40. The minimum Gasteiger partial charge on any atom is -0.481 e. The van der Waals surface area contributed by atoms with Crippen LogP contribution in [0.15, 0.2) is 30.3 Å². The van der Waals surface area contributed by atoms with Gasteiger partial charge < -0.3 is 19.5 Å². The van der Waals surface area contributed by atoms with Gasteiger partial charge in [0.25, 0.3) is 0 Å². The second kappa shape index (κ2) is 7.66. The van der Waals surface area contributed by atoms with Crippen LogP contribution in [-0.2, 0) is 20.9 Å². The number of benzene rings is 1. The molecule has 1 heterocycles. The van der Waals surface area contributed by atoms with Crippen molar-refractivity contribution in [1.82, 2.24) is 4.90 Å². The normalized spacial score (nSPS) is 20.9. The van der Waals surface area contributed by atoms with Gasteiger partial charge in [-0.15, -0.1) is 0 Å². The minimum atomic E-state index is -0.908. The average molecular weight is 335 g/mol. The lowest BCUT2D eigenvalue weighted by Crippen LogP contribution is -2.45. The molecule has 1 fully saturated rings. The zero-order chi connectivity index (χ0) is 17.7. The molecule has 1 aromatic rings. The van der Waals surface area contributed by atoms with E-state index >= 15 is 0 Å². The Kier molecular flexibility index (Phi) is 5.83. The molecule has 1 N–H and O–H groups in total. The quantitative estimate of drug-likeness (QED) is 0.895. The molecule has 1 amide bonds. The van der Waals surface area contributed by atoms with Crippen LogP contribution in [0.4, 0.5) is 4.79 Å². The summed E-state index contributed by atoms with van der Waals surface area (Å²) in [5.41, 5.74) is 0.389. The lowest BCUT2D eigenvalue weighted by molar-refractivity contribution is -0.143. The highest BCUT2D eigenvalue weighted by Gasteiger charge is 2.42. The average Bonchev–Trinajstić information content (AvgIpc) is 2.91. The summed E-state index contributed by atoms with van der Waals surface area (Å²) < 4.78 is 11.1. The predicted molar refractivity (Wildman–Crippen MR) is 88.6 cm³/mol. The van der Waals surface area contributed by atoms with E-state index in [1.165, 1.54) is 4.90 Å². The summed E-state index contributed by atoms with van der Waals surface area (Å²) in [6.45, 7) is 6.28. The molecule has 0 saturated carbocycles. The molecule has 2 unspecified atom stereocenters. The lowest BCUT2D eigenvalue weighted by Gasteiger charge is -2.29. The van der Waals surface area contributed by atoms with E-state index in [1.807, 2.05) is 30.3 Å². The standard InChI is InChI=1S/C18H25NO5/c1-18(2,3)24-17(22)19-10-9-14(16(20)21)15(19)12-23-11-13-7-5-4-6-8-13/h4-8,14-15H,9-12H2,1-3H3,(H,20,21). The highest BCUT2D eigenvalue weighted by Crippen LogP contribution is 2.27. The van der Waals surface area contributed by atoms with Crippen LogP contribution in [0, 0.1) is 5.92 Å². The number of amides is 1. The van der Waals surface area contributed by atoms with Gasteiger partial charge in [-0.05, 0) is 32.8 Å². The summed E-state index contributed by atoms with van der Waals surface area (Å²) in [4.78, 5) is 25.3. The Morgan fingerprint density at radius 3 is 2.50 bits per heavy atom. The molecule has 1 saturated heterocycles. The Hall–Kier alpha value is -2.08. The van der Waals surface area contributed by atoms with Crippen molar-refractivity contribution in [3.05, 3.63) is 35.9 Å². The second-order valence-corrected chi connectivity index (χ2v) is 6.98. The maximum atomic E-state index is 12.3. The molecule has 2 rings (SSSR count). The molecule has 0 aromatic heterocycles. The Morgan fingerprint density at radius 1 is 1.25 bits per heavy atom. The van der Waals surface area contributed by atoms with Gasteiger partial charge in [0.05, 0.1) is 25.2 Å². The molecule has 0 radical (unpaired) electrons. The number of carbonyl (C=O) groups is 2. The molecule has 1 aliphatic rings. The fraction of sp³-hybridized carbons (Fsp3) is 0.556. The van der Waals surface area contributed by atoms with E-state index in [0.717, 1.165) is 5.56 Å². The topological polar surface area (TPSA) is 76.1 Å². The summed E-state index contributed by atoms with van der Waals surface area (Å²) in [6.07, 6.45) is -0.0759. The number of hydrogen-bond acceptors (Lipinski definition) is 4. The Morgan fingerprint density at radius 2 is 1.92 bits per heavy atom. The van der Waals surface area contributed by atoms with E-state index in [2.05, 4.69) is 0 Å². The lowest BCUT2D eigenvalue weighted by atomic mass is 10.0. The first-order chi connectivity index (χ1) is 11.3. The highest BCUT2D eigenvalue weighted by atomic mass is 16.6. The van der Waals surface area contributed by atoms with Gasteiger partial charge in [-0.25, -0.2) is 4.79 Å². The Balaban J connectivity index is 1.99. The number of ether oxygens (including phenoxy) is 2. The first-order valence-electron chi connectivity index (χ1n) is 8.12. The number of hydrogen-bond donors (Lipinski definition) is 1. The molecule has 0 spiro atoms. The number of carbonyl (C=O) groups excluding carboxylic acids is 1. The van der Waals surface area contributed by atoms with E-state index in [4.69, 9.17) is 9.47 Å². The van der Waals surface area contributed by atoms with Gasteiger partial charge in [-0.2, -0.15) is 0 Å². The van der Waals surface area contributed by atoms with Gasteiger partial charge in [0.1, 0.15) is 5.60 Å². The monoisotopic (exact) mass is 335 g/mol. The molecule has 0 bridgehead atoms. The minimum absolute atomic E-state index is 0.172. The van der Waals surface area contributed by atoms with Crippen LogP contribution >= 0.6 is 0 Å². The third-order valence-electron chi connectivity index (χ3n) is 3.89. The molecular formula is C18H25NO5. The van der Waals surface area contributed by atoms with Gasteiger partial charge in [-0.3, -0.25) is 4.79 Å². The first-order valence-corrected chi connectivity index (χ1v) is 8.12. The van der Waals surface area contributed by atoms with Gasteiger partial charge >= 0.3 is 12.1 Å². The van der Waals surface area contributed by atoms with E-state index in [0.29, 0.717) is 19.6 Å². The van der Waals surface area contributed by atoms with Crippen LogP contribution in [-0.4, -0.2) is 46.9 Å². The van der Waals surface area contributed by atoms with Crippen LogP contribution in [0.5, 0.6) is 0 Å². The molecule has 6 nitrogen and oxygen atoms in total. The fourth-order valence-corrected chi connectivity index (χ4v) is 2.77. The van der Waals surface area contributed by atoms with E-state index in [-0.39, 0.29) is 6.61 Å². The van der Waals surface area contributed by atoms with Crippen LogP contribution in [0.2, 0.25) is 0 Å². The van der Waals surface area contributed by atoms with E-state index < -0.39 is 29.6 Å². The SMILES string of the molecule is CC(C)(C)OC(=O)N1CCC(C(=O)O)C1COCc1ccccc1. The highest BCUT2D eigenvalue weighted by molar-refractivity contribution is 5.75. The molecule has 132 valence electrons. The van der Waals surface area contributed by atoms with Crippen molar-refractivity contribution in [2.45, 2.75) is 45.4 Å². The molecule has 2 atom stereocenters. The van der Waals surface area contributed by atoms with Crippen molar-refractivity contribution in [2.24, 2.45) is 5.92 Å². The van der Waals surface area contributed by atoms with E-state index in [9.17, 15) is 14.7 Å². The van der Waals surface area contributed by atoms with Crippen LogP contribution in [0.1, 0.15) is 32.8 Å². The van der Waals surface area contributed by atoms with Crippen molar-refractivity contribution in [3.8, 4) is 0 Å². The number of carboxylic acid groups (broad SMARTS) is 1. The Bertz CT molecular complexity index is 567. The number of aliphatic carboxylic acids is 1. The number of nitrogens with zero attached hydrogens (tertiary/aromatic N) is 1. The maximum absolute atomic E-state index is 12.3. The first kappa shape index (κ1) is 18.3. The van der Waals surface area contributed by atoms with E-state index in [1.54, 1.807) is 20.8 Å². The molecule has 1 aliphatic heterocycles. The zero-order valence-electron chi connectivity index (χ0n) is 14.4. The summed E-state index contributed by atoms with van der Waals surface area (Å²) in [5.74, 6) is -1.54. The largest absolute Gasteiger partial charge is 0.481 e. The van der Waals surface area contributed by atoms with Crippen molar-refractivity contribution in [3.63, 3.8) is 0 Å². The van der Waals surface area contributed by atoms with Crippen molar-refractivity contribution < 1.29 is 24.2 Å². The van der Waals surface area contributed by atoms with Crippen LogP contribution in [0.3, 0.4) is 0 Å². The van der Waals surface area contributed by atoms with Gasteiger partial charge in [0.15, 0.2) is 0 Å². The van der Waals surface area contributed by atoms with Gasteiger partial charge in [0.2, 0.25) is 0 Å². The van der Waals surface area contributed by atoms with Crippen molar-refractivity contribution in [1.29, 1.82) is 0 Å². The number of likely N-dealkylation sites (tertiary alicyclic amines) is 1. The second-order valence-electron chi connectivity index (χ2n) is 6.98. The van der Waals surface area contributed by atoms with Crippen molar-refractivity contribution >= 4 is 12.1 Å². The molecule has 6 heteroatoms. The summed E-state index contributed by atoms with van der Waals surface area (Å²) >= 11 is 0. The smallest absolute Gasteiger partial charge is 0.410 e. The van der Waals surface area contributed by atoms with Crippen LogP contribution in [0.25, 0.3) is 0 Å². The molecule has 1 aromatic carbocycles. The molecule has 0 aliphatic carbocycles. The third-order valence-corrected chi connectivity index (χ3v) is 3.89. The Labute approximate surface area is 142 Å². The summed E-state index contributed by atoms with van der Waals surface area (Å²) in [6, 6.07) is 9.12. The molecule has 24 heavy (non-hydrogen) atoms. The third kappa shape index (κ3) is 4.96. The maximum Gasteiger partial charge on any atom is 0.410 e.